The smallest absolute Gasteiger partial charge is 0.232 e. The number of carbonyl (C=O) groups is 1. The maximum atomic E-state index is 12.9. The van der Waals surface area contributed by atoms with E-state index in [9.17, 15) is 17.6 Å². The second kappa shape index (κ2) is 6.84. The minimum absolute atomic E-state index is 0.148. The first kappa shape index (κ1) is 17.4. The highest BCUT2D eigenvalue weighted by Crippen LogP contribution is 2.34. The summed E-state index contributed by atoms with van der Waals surface area (Å²) in [5.74, 6) is -0.523. The normalized spacial score (nSPS) is 17.0. The molecular weight excluding hydrogens is 343 g/mol. The molecule has 2 aromatic rings. The average molecular weight is 362 g/mol. The first-order valence-electron chi connectivity index (χ1n) is 7.95. The van der Waals surface area contributed by atoms with E-state index in [4.69, 9.17) is 0 Å². The lowest BCUT2D eigenvalue weighted by Crippen LogP contribution is -2.40. The first-order chi connectivity index (χ1) is 11.8. The molecule has 0 radical (unpaired) electrons. The Kier molecular flexibility index (Phi) is 4.76. The molecule has 132 valence electrons. The highest BCUT2D eigenvalue weighted by atomic mass is 32.2. The third-order valence-electron chi connectivity index (χ3n) is 4.22. The number of nitrogens with one attached hydrogen (secondary N) is 1. The average Bonchev–Trinajstić information content (AvgIpc) is 2.56. The molecule has 0 spiro atoms. The Labute approximate surface area is 146 Å². The SMILES string of the molecule is CS(=O)(=O)N1CCC(NC(=O)Cc2ccc(F)cc2)c2ccccc21. The summed E-state index contributed by atoms with van der Waals surface area (Å²) in [5, 5.41) is 2.96. The molecule has 1 aliphatic heterocycles. The molecule has 0 saturated heterocycles. The van der Waals surface area contributed by atoms with Crippen molar-refractivity contribution >= 4 is 21.6 Å². The van der Waals surface area contributed by atoms with Crippen molar-refractivity contribution < 1.29 is 17.6 Å². The summed E-state index contributed by atoms with van der Waals surface area (Å²) in [5.41, 5.74) is 2.11. The van der Waals surface area contributed by atoms with Crippen molar-refractivity contribution in [2.75, 3.05) is 17.1 Å². The molecule has 1 aliphatic rings. The van der Waals surface area contributed by atoms with E-state index in [1.54, 1.807) is 24.3 Å². The number of amides is 1. The predicted octanol–water partition coefficient (Wildman–Crippen LogP) is 2.40. The van der Waals surface area contributed by atoms with Crippen LogP contribution in [0.15, 0.2) is 48.5 Å². The van der Waals surface area contributed by atoms with Crippen LogP contribution in [0.25, 0.3) is 0 Å². The van der Waals surface area contributed by atoms with Gasteiger partial charge in [0, 0.05) is 6.54 Å². The van der Waals surface area contributed by atoms with E-state index in [0.29, 0.717) is 18.7 Å². The van der Waals surface area contributed by atoms with Crippen molar-refractivity contribution in [2.24, 2.45) is 0 Å². The molecule has 7 heteroatoms. The van der Waals surface area contributed by atoms with E-state index >= 15 is 0 Å². The van der Waals surface area contributed by atoms with Crippen molar-refractivity contribution in [1.82, 2.24) is 5.32 Å². The van der Waals surface area contributed by atoms with Gasteiger partial charge in [0.2, 0.25) is 15.9 Å². The van der Waals surface area contributed by atoms with E-state index in [-0.39, 0.29) is 24.2 Å². The Morgan fingerprint density at radius 2 is 1.88 bits per heavy atom. The summed E-state index contributed by atoms with van der Waals surface area (Å²) in [6, 6.07) is 12.7. The monoisotopic (exact) mass is 362 g/mol. The minimum atomic E-state index is -3.36. The number of hydrogen-bond acceptors (Lipinski definition) is 3. The van der Waals surface area contributed by atoms with Crippen molar-refractivity contribution in [1.29, 1.82) is 0 Å². The van der Waals surface area contributed by atoms with Gasteiger partial charge < -0.3 is 5.32 Å². The molecule has 1 amide bonds. The molecule has 0 fully saturated rings. The number of fused-ring (bicyclic) bond motifs is 1. The quantitative estimate of drug-likeness (QED) is 0.908. The number of nitrogens with zero attached hydrogens (tertiary/aromatic N) is 1. The van der Waals surface area contributed by atoms with Crippen LogP contribution in [0, 0.1) is 5.82 Å². The second-order valence-corrected chi connectivity index (χ2v) is 8.01. The van der Waals surface area contributed by atoms with Crippen molar-refractivity contribution in [3.63, 3.8) is 0 Å². The molecule has 0 aromatic heterocycles. The number of benzene rings is 2. The molecule has 1 N–H and O–H groups in total. The van der Waals surface area contributed by atoms with Gasteiger partial charge in [0.15, 0.2) is 0 Å². The summed E-state index contributed by atoms with van der Waals surface area (Å²) < 4.78 is 38.2. The molecule has 2 aromatic carbocycles. The zero-order chi connectivity index (χ0) is 18.0. The molecule has 1 heterocycles. The highest BCUT2D eigenvalue weighted by molar-refractivity contribution is 7.92. The van der Waals surface area contributed by atoms with Crippen LogP contribution < -0.4 is 9.62 Å². The lowest BCUT2D eigenvalue weighted by molar-refractivity contribution is -0.121. The van der Waals surface area contributed by atoms with Crippen LogP contribution in [0.4, 0.5) is 10.1 Å². The van der Waals surface area contributed by atoms with Crippen LogP contribution >= 0.6 is 0 Å². The van der Waals surface area contributed by atoms with Crippen molar-refractivity contribution in [3.05, 3.63) is 65.5 Å². The van der Waals surface area contributed by atoms with Crippen LogP contribution in [-0.2, 0) is 21.2 Å². The molecule has 5 nitrogen and oxygen atoms in total. The molecule has 0 saturated carbocycles. The number of sulfonamides is 1. The van der Waals surface area contributed by atoms with E-state index in [1.165, 1.54) is 22.7 Å². The molecule has 0 aliphatic carbocycles. The maximum Gasteiger partial charge on any atom is 0.232 e. The first-order valence-corrected chi connectivity index (χ1v) is 9.80. The second-order valence-electron chi connectivity index (χ2n) is 6.11. The van der Waals surface area contributed by atoms with Gasteiger partial charge in [-0.3, -0.25) is 9.10 Å². The van der Waals surface area contributed by atoms with Crippen molar-refractivity contribution in [2.45, 2.75) is 18.9 Å². The molecular formula is C18H19FN2O3S. The van der Waals surface area contributed by atoms with Gasteiger partial charge in [-0.05, 0) is 35.7 Å². The fraction of sp³-hybridized carbons (Fsp3) is 0.278. The maximum absolute atomic E-state index is 12.9. The Hall–Kier alpha value is -2.41. The number of carbonyl (C=O) groups excluding carboxylic acids is 1. The molecule has 0 bridgehead atoms. The van der Waals surface area contributed by atoms with Gasteiger partial charge in [0.25, 0.3) is 0 Å². The number of rotatable bonds is 4. The zero-order valence-electron chi connectivity index (χ0n) is 13.8. The fourth-order valence-electron chi connectivity index (χ4n) is 3.06. The van der Waals surface area contributed by atoms with Gasteiger partial charge in [0.05, 0.1) is 24.4 Å². The summed E-state index contributed by atoms with van der Waals surface area (Å²) in [6.07, 6.45) is 1.82. The van der Waals surface area contributed by atoms with E-state index in [0.717, 1.165) is 11.1 Å². The van der Waals surface area contributed by atoms with Gasteiger partial charge in [0.1, 0.15) is 5.82 Å². The third-order valence-corrected chi connectivity index (χ3v) is 5.40. The lowest BCUT2D eigenvalue weighted by atomic mass is 9.97. The number of halogens is 1. The summed E-state index contributed by atoms with van der Waals surface area (Å²) in [6.45, 7) is 0.317. The van der Waals surface area contributed by atoms with Crippen LogP contribution in [0.5, 0.6) is 0 Å². The van der Waals surface area contributed by atoms with Gasteiger partial charge in [-0.1, -0.05) is 30.3 Å². The third kappa shape index (κ3) is 3.99. The van der Waals surface area contributed by atoms with E-state index in [2.05, 4.69) is 5.32 Å². The predicted molar refractivity (Wildman–Crippen MR) is 94.2 cm³/mol. The van der Waals surface area contributed by atoms with Gasteiger partial charge in [-0.15, -0.1) is 0 Å². The van der Waals surface area contributed by atoms with Gasteiger partial charge in [-0.25, -0.2) is 12.8 Å². The number of anilines is 1. The molecule has 1 atom stereocenters. The molecule has 1 unspecified atom stereocenters. The van der Waals surface area contributed by atoms with Gasteiger partial charge in [-0.2, -0.15) is 0 Å². The summed E-state index contributed by atoms with van der Waals surface area (Å²) >= 11 is 0. The standard InChI is InChI=1S/C18H19FN2O3S/c1-25(23,24)21-11-10-16(15-4-2-3-5-17(15)21)20-18(22)12-13-6-8-14(19)9-7-13/h2-9,16H,10-12H2,1H3,(H,20,22). The number of para-hydroxylation sites is 1. The fourth-order valence-corrected chi connectivity index (χ4v) is 4.02. The minimum Gasteiger partial charge on any atom is -0.349 e. The largest absolute Gasteiger partial charge is 0.349 e. The van der Waals surface area contributed by atoms with Crippen molar-refractivity contribution in [3.8, 4) is 0 Å². The highest BCUT2D eigenvalue weighted by Gasteiger charge is 2.30. The van der Waals surface area contributed by atoms with Gasteiger partial charge >= 0.3 is 0 Å². The van der Waals surface area contributed by atoms with Crippen LogP contribution in [0.3, 0.4) is 0 Å². The Morgan fingerprint density at radius 3 is 2.56 bits per heavy atom. The topological polar surface area (TPSA) is 66.5 Å². The Balaban J connectivity index is 1.77. The van der Waals surface area contributed by atoms with Crippen LogP contribution in [0.1, 0.15) is 23.6 Å². The zero-order valence-corrected chi connectivity index (χ0v) is 14.6. The molecule has 3 rings (SSSR count). The van der Waals surface area contributed by atoms with Crippen LogP contribution in [-0.4, -0.2) is 27.1 Å². The summed E-state index contributed by atoms with van der Waals surface area (Å²) in [4.78, 5) is 12.3. The van der Waals surface area contributed by atoms with Crippen LogP contribution in [0.2, 0.25) is 0 Å². The molecule has 25 heavy (non-hydrogen) atoms. The van der Waals surface area contributed by atoms with E-state index < -0.39 is 10.0 Å². The Bertz CT molecular complexity index is 881. The number of hydrogen-bond donors (Lipinski definition) is 1. The van der Waals surface area contributed by atoms with E-state index in [1.807, 2.05) is 12.1 Å². The Morgan fingerprint density at radius 1 is 1.20 bits per heavy atom. The summed E-state index contributed by atoms with van der Waals surface area (Å²) in [7, 11) is -3.36. The lowest BCUT2D eigenvalue weighted by Gasteiger charge is -2.34.